The number of pyridine rings is 1. The van der Waals surface area contributed by atoms with Gasteiger partial charge in [0.15, 0.2) is 17.3 Å². The van der Waals surface area contributed by atoms with Crippen LogP contribution < -0.4 is 14.4 Å². The average Bonchev–Trinajstić information content (AvgIpc) is 3.71. The van der Waals surface area contributed by atoms with Gasteiger partial charge in [-0.25, -0.2) is 14.6 Å². The van der Waals surface area contributed by atoms with E-state index in [1.807, 2.05) is 0 Å². The monoisotopic (exact) mass is 539 g/mol. The molecule has 0 bridgehead atoms. The molecule has 0 atom stereocenters. The number of aromatic carboxylic acids is 1. The average molecular weight is 540 g/mol. The van der Waals surface area contributed by atoms with Gasteiger partial charge in [0, 0.05) is 0 Å². The van der Waals surface area contributed by atoms with E-state index < -0.39 is 57.5 Å². The van der Waals surface area contributed by atoms with Crippen LogP contribution in [0.4, 0.5) is 20.7 Å². The molecule has 1 aliphatic rings. The van der Waals surface area contributed by atoms with Gasteiger partial charge in [-0.05, 0) is 36.5 Å². The number of aliphatic hydroxyl groups excluding tert-OH is 1. The van der Waals surface area contributed by atoms with Gasteiger partial charge in [-0.3, -0.25) is 14.9 Å². The number of carbonyl (C=O) groups is 3. The Bertz CT molecular complexity index is 1310. The number of halogens is 2. The summed E-state index contributed by atoms with van der Waals surface area (Å²) < 4.78 is 29.3. The van der Waals surface area contributed by atoms with Crippen LogP contribution in [0.2, 0.25) is 5.15 Å². The van der Waals surface area contributed by atoms with E-state index in [2.05, 4.69) is 4.98 Å². The fourth-order valence-electron chi connectivity index (χ4n) is 3.35. The number of nitro benzene ring substituents is 1. The van der Waals surface area contributed by atoms with Crippen molar-refractivity contribution in [2.24, 2.45) is 0 Å². The number of aromatic nitrogens is 1. The Labute approximate surface area is 212 Å². The van der Waals surface area contributed by atoms with Crippen LogP contribution in [0.25, 0.3) is 0 Å². The van der Waals surface area contributed by atoms with Gasteiger partial charge in [0.1, 0.15) is 18.0 Å². The Balaban J connectivity index is 2.05. The fourth-order valence-corrected chi connectivity index (χ4v) is 3.56. The zero-order valence-electron chi connectivity index (χ0n) is 19.3. The second-order valence-corrected chi connectivity index (χ2v) is 7.94. The minimum Gasteiger partial charge on any atom is -0.512 e. The number of hydrogen-bond acceptors (Lipinski definition) is 10. The Morgan fingerprint density at radius 1 is 1.24 bits per heavy atom. The summed E-state index contributed by atoms with van der Waals surface area (Å²) in [5, 5.41) is 29.3. The third kappa shape index (κ3) is 5.69. The molecule has 2 amide bonds. The maximum Gasteiger partial charge on any atom is 0.423 e. The molecular formula is C22H19ClFN3O10. The number of aliphatic hydroxyl groups is 1. The van der Waals surface area contributed by atoms with Gasteiger partial charge >= 0.3 is 18.0 Å². The molecule has 0 radical (unpaired) electrons. The van der Waals surface area contributed by atoms with Crippen LogP contribution >= 0.6 is 11.6 Å². The standard InChI is InChI=1S/C22H19ClFN3O10/c1-35-16-5-11(15(27(33)34)7-17(16)36-2)9-37-22(32)26(20(29)14(24)8-28)19-12(10-3-4-10)6-13(21(30)31)18(23)25-19/h5-8,10,28H,3-4,9H2,1-2H3,(H,30,31). The number of nitrogens with zero attached hydrogens (tertiary/aromatic N) is 3. The van der Waals surface area contributed by atoms with Gasteiger partial charge in [-0.2, -0.15) is 9.29 Å². The van der Waals surface area contributed by atoms with Crippen LogP contribution in [0.3, 0.4) is 0 Å². The Hall–Kier alpha value is -4.46. The molecular weight excluding hydrogens is 521 g/mol. The van der Waals surface area contributed by atoms with Crippen LogP contribution in [0, 0.1) is 10.1 Å². The molecule has 1 heterocycles. The molecule has 0 aliphatic heterocycles. The molecule has 2 N–H and O–H groups in total. The molecule has 196 valence electrons. The summed E-state index contributed by atoms with van der Waals surface area (Å²) in [7, 11) is 2.54. The zero-order valence-corrected chi connectivity index (χ0v) is 20.0. The quantitative estimate of drug-likeness (QED) is 0.153. The van der Waals surface area contributed by atoms with Gasteiger partial charge in [-0.1, -0.05) is 11.6 Å². The molecule has 1 fully saturated rings. The zero-order chi connectivity index (χ0) is 27.4. The summed E-state index contributed by atoms with van der Waals surface area (Å²) in [6, 6.07) is 3.32. The van der Waals surface area contributed by atoms with Gasteiger partial charge in [0.25, 0.3) is 5.69 Å². The normalized spacial score (nSPS) is 13.0. The lowest BCUT2D eigenvalue weighted by Crippen LogP contribution is -2.39. The molecule has 37 heavy (non-hydrogen) atoms. The number of ether oxygens (including phenoxy) is 3. The molecule has 1 aromatic carbocycles. The number of methoxy groups -OCH3 is 2. The summed E-state index contributed by atoms with van der Waals surface area (Å²) in [5.74, 6) is -5.59. The summed E-state index contributed by atoms with van der Waals surface area (Å²) in [4.78, 5) is 51.9. The molecule has 1 saturated carbocycles. The minimum atomic E-state index is -1.77. The molecule has 0 unspecified atom stereocenters. The van der Waals surface area contributed by atoms with Crippen LogP contribution in [0.15, 0.2) is 30.3 Å². The third-order valence-corrected chi connectivity index (χ3v) is 5.57. The van der Waals surface area contributed by atoms with Crippen LogP contribution in [0.5, 0.6) is 11.5 Å². The van der Waals surface area contributed by atoms with Crippen molar-refractivity contribution in [3.63, 3.8) is 0 Å². The number of carbonyl (C=O) groups excluding carboxylic acids is 2. The Morgan fingerprint density at radius 3 is 2.38 bits per heavy atom. The largest absolute Gasteiger partial charge is 0.512 e. The number of anilines is 1. The fraction of sp³-hybridized carbons (Fsp3) is 0.273. The molecule has 3 rings (SSSR count). The topological polar surface area (TPSA) is 179 Å². The van der Waals surface area contributed by atoms with Crippen molar-refractivity contribution in [1.82, 2.24) is 4.98 Å². The highest BCUT2D eigenvalue weighted by Crippen LogP contribution is 2.45. The number of imide groups is 1. The van der Waals surface area contributed by atoms with Crippen molar-refractivity contribution < 1.29 is 48.1 Å². The molecule has 1 aromatic heterocycles. The number of carboxylic acid groups (broad SMARTS) is 1. The first kappa shape index (κ1) is 27.1. The molecule has 0 saturated heterocycles. The lowest BCUT2D eigenvalue weighted by atomic mass is 10.1. The maximum absolute atomic E-state index is 14.1. The van der Waals surface area contributed by atoms with E-state index in [4.69, 9.17) is 30.9 Å². The van der Waals surface area contributed by atoms with E-state index in [9.17, 15) is 34.0 Å². The SMILES string of the molecule is COc1cc(COC(=O)N(C(=O)C(F)=CO)c2nc(Cl)c(C(=O)O)cc2C2CC2)c([N+](=O)[O-])cc1OC. The lowest BCUT2D eigenvalue weighted by molar-refractivity contribution is -0.385. The van der Waals surface area contributed by atoms with Crippen molar-refractivity contribution in [2.45, 2.75) is 25.4 Å². The van der Waals surface area contributed by atoms with Gasteiger partial charge in [0.2, 0.25) is 5.83 Å². The number of amides is 2. The number of rotatable bonds is 9. The number of nitro groups is 1. The predicted octanol–water partition coefficient (Wildman–Crippen LogP) is 4.27. The number of benzene rings is 1. The Morgan fingerprint density at radius 2 is 1.86 bits per heavy atom. The molecule has 1 aliphatic carbocycles. The predicted molar refractivity (Wildman–Crippen MR) is 124 cm³/mol. The summed E-state index contributed by atoms with van der Waals surface area (Å²) >= 11 is 5.94. The number of hydrogen-bond donors (Lipinski definition) is 2. The molecule has 13 nitrogen and oxygen atoms in total. The van der Waals surface area contributed by atoms with Crippen LogP contribution in [-0.2, 0) is 16.1 Å². The van der Waals surface area contributed by atoms with Crippen molar-refractivity contribution in [3.05, 3.63) is 62.2 Å². The van der Waals surface area contributed by atoms with Crippen molar-refractivity contribution in [3.8, 4) is 11.5 Å². The smallest absolute Gasteiger partial charge is 0.423 e. The van der Waals surface area contributed by atoms with Crippen LogP contribution in [-0.4, -0.2) is 52.3 Å². The van der Waals surface area contributed by atoms with Gasteiger partial charge < -0.3 is 24.4 Å². The summed E-state index contributed by atoms with van der Waals surface area (Å²) in [6.45, 7) is -0.774. The van der Waals surface area contributed by atoms with E-state index in [0.29, 0.717) is 12.8 Å². The van der Waals surface area contributed by atoms with Crippen LogP contribution in [0.1, 0.15) is 40.2 Å². The van der Waals surface area contributed by atoms with E-state index in [-0.39, 0.29) is 39.7 Å². The van der Waals surface area contributed by atoms with Crippen molar-refractivity contribution >= 4 is 41.1 Å². The number of carboxylic acids is 1. The first-order chi connectivity index (χ1) is 17.5. The Kier molecular flexibility index (Phi) is 8.12. The molecule has 2 aromatic rings. The minimum absolute atomic E-state index is 0.0303. The highest BCUT2D eigenvalue weighted by atomic mass is 35.5. The lowest BCUT2D eigenvalue weighted by Gasteiger charge is -2.22. The second kappa shape index (κ2) is 11.1. The summed E-state index contributed by atoms with van der Waals surface area (Å²) in [6.07, 6.45) is -0.601. The van der Waals surface area contributed by atoms with E-state index in [1.165, 1.54) is 20.3 Å². The van der Waals surface area contributed by atoms with E-state index >= 15 is 0 Å². The maximum atomic E-state index is 14.1. The van der Waals surface area contributed by atoms with Gasteiger partial charge in [-0.15, -0.1) is 0 Å². The third-order valence-electron chi connectivity index (χ3n) is 5.28. The van der Waals surface area contributed by atoms with E-state index in [1.54, 1.807) is 0 Å². The highest BCUT2D eigenvalue weighted by molar-refractivity contribution is 6.32. The highest BCUT2D eigenvalue weighted by Gasteiger charge is 2.37. The second-order valence-electron chi connectivity index (χ2n) is 7.58. The summed E-state index contributed by atoms with van der Waals surface area (Å²) in [5.41, 5.74) is -0.964. The van der Waals surface area contributed by atoms with Gasteiger partial charge in [0.05, 0.1) is 36.3 Å². The van der Waals surface area contributed by atoms with Crippen molar-refractivity contribution in [1.29, 1.82) is 0 Å². The first-order valence-corrected chi connectivity index (χ1v) is 10.8. The van der Waals surface area contributed by atoms with Crippen molar-refractivity contribution in [2.75, 3.05) is 19.1 Å². The molecule has 15 heteroatoms. The first-order valence-electron chi connectivity index (χ1n) is 10.4. The van der Waals surface area contributed by atoms with E-state index in [0.717, 1.165) is 12.1 Å². The molecule has 0 spiro atoms.